The van der Waals surface area contributed by atoms with Crippen LogP contribution in [0.2, 0.25) is 0 Å². The first-order chi connectivity index (χ1) is 11.0. The van der Waals surface area contributed by atoms with Gasteiger partial charge in [-0.15, -0.1) is 0 Å². The van der Waals surface area contributed by atoms with E-state index in [1.54, 1.807) is 6.07 Å². The Morgan fingerprint density at radius 3 is 2.65 bits per heavy atom. The molecule has 3 aromatic rings. The molecule has 2 unspecified atom stereocenters. The number of benzene rings is 1. The van der Waals surface area contributed by atoms with Gasteiger partial charge < -0.3 is 20.5 Å². The molecule has 2 atom stereocenters. The summed E-state index contributed by atoms with van der Waals surface area (Å²) in [5, 5.41) is 22.5. The van der Waals surface area contributed by atoms with E-state index in [2.05, 4.69) is 15.3 Å². The van der Waals surface area contributed by atoms with Crippen molar-refractivity contribution in [2.45, 2.75) is 19.1 Å². The minimum absolute atomic E-state index is 0.0918. The molecule has 0 aliphatic rings. The molecular weight excluding hydrogens is 298 g/mol. The van der Waals surface area contributed by atoms with Gasteiger partial charge in [0.1, 0.15) is 5.69 Å². The summed E-state index contributed by atoms with van der Waals surface area (Å²) in [6.45, 7) is 1.30. The zero-order valence-corrected chi connectivity index (χ0v) is 12.3. The molecule has 2 aromatic heterocycles. The van der Waals surface area contributed by atoms with Crippen LogP contribution in [0.1, 0.15) is 17.4 Å². The predicted octanol–water partition coefficient (Wildman–Crippen LogP) is 1.28. The van der Waals surface area contributed by atoms with Crippen molar-refractivity contribution >= 4 is 33.7 Å². The molecule has 3 rings (SSSR count). The molecule has 0 fully saturated rings. The third-order valence-corrected chi connectivity index (χ3v) is 3.66. The summed E-state index contributed by atoms with van der Waals surface area (Å²) in [6.07, 6.45) is 0.316. The van der Waals surface area contributed by atoms with Crippen LogP contribution in [0.5, 0.6) is 0 Å². The average molecular weight is 313 g/mol. The zero-order chi connectivity index (χ0) is 16.6. The van der Waals surface area contributed by atoms with Crippen LogP contribution in [0, 0.1) is 0 Å². The molecule has 1 aromatic carbocycles. The normalized spacial score (nSPS) is 13.8. The summed E-state index contributed by atoms with van der Waals surface area (Å²) in [4.78, 5) is 30.5. The number of carboxylic acid groups (broad SMARTS) is 1. The molecule has 4 N–H and O–H groups in total. The number of aromatic nitrogens is 2. The number of amides is 1. The van der Waals surface area contributed by atoms with Crippen LogP contribution in [-0.4, -0.2) is 44.2 Å². The predicted molar refractivity (Wildman–Crippen MR) is 84.2 cm³/mol. The van der Waals surface area contributed by atoms with E-state index in [-0.39, 0.29) is 5.69 Å². The van der Waals surface area contributed by atoms with Crippen LogP contribution in [0.15, 0.2) is 36.5 Å². The second-order valence-electron chi connectivity index (χ2n) is 5.32. The van der Waals surface area contributed by atoms with Crippen LogP contribution in [0.3, 0.4) is 0 Å². The van der Waals surface area contributed by atoms with E-state index in [0.717, 1.165) is 21.8 Å². The third-order valence-electron chi connectivity index (χ3n) is 3.66. The molecule has 1 amide bonds. The second kappa shape index (κ2) is 5.69. The number of para-hydroxylation sites is 1. The van der Waals surface area contributed by atoms with Gasteiger partial charge in [-0.1, -0.05) is 18.2 Å². The van der Waals surface area contributed by atoms with Gasteiger partial charge in [-0.05, 0) is 19.1 Å². The lowest BCUT2D eigenvalue weighted by atomic mass is 10.1. The highest BCUT2D eigenvalue weighted by atomic mass is 16.4. The molecule has 0 saturated carbocycles. The van der Waals surface area contributed by atoms with Gasteiger partial charge in [-0.3, -0.25) is 4.79 Å². The monoisotopic (exact) mass is 313 g/mol. The van der Waals surface area contributed by atoms with Gasteiger partial charge in [-0.2, -0.15) is 0 Å². The van der Waals surface area contributed by atoms with E-state index in [1.807, 2.05) is 24.3 Å². The lowest BCUT2D eigenvalue weighted by Gasteiger charge is -2.16. The number of fused-ring (bicyclic) bond motifs is 3. The lowest BCUT2D eigenvalue weighted by molar-refractivity contribution is -0.141. The molecule has 118 valence electrons. The Morgan fingerprint density at radius 1 is 1.22 bits per heavy atom. The first kappa shape index (κ1) is 15.0. The quantitative estimate of drug-likeness (QED) is 0.579. The fourth-order valence-corrected chi connectivity index (χ4v) is 2.48. The number of carbonyl (C=O) groups is 2. The van der Waals surface area contributed by atoms with E-state index in [9.17, 15) is 14.7 Å². The molecule has 0 spiro atoms. The molecule has 0 radical (unpaired) electrons. The van der Waals surface area contributed by atoms with Gasteiger partial charge in [0.15, 0.2) is 6.04 Å². The Morgan fingerprint density at radius 2 is 1.96 bits per heavy atom. The number of aliphatic hydroxyl groups is 1. The molecule has 23 heavy (non-hydrogen) atoms. The number of nitrogens with one attached hydrogen (secondary N) is 2. The van der Waals surface area contributed by atoms with Crippen molar-refractivity contribution < 1.29 is 19.8 Å². The van der Waals surface area contributed by atoms with Crippen molar-refractivity contribution in [2.24, 2.45) is 0 Å². The zero-order valence-electron chi connectivity index (χ0n) is 12.3. The number of H-pyrrole nitrogens is 1. The average Bonchev–Trinajstić information content (AvgIpc) is 2.89. The van der Waals surface area contributed by atoms with E-state index in [0.29, 0.717) is 0 Å². The van der Waals surface area contributed by atoms with Gasteiger partial charge in [-0.25, -0.2) is 9.78 Å². The number of pyridine rings is 1. The van der Waals surface area contributed by atoms with Crippen molar-refractivity contribution in [3.8, 4) is 0 Å². The minimum atomic E-state index is -1.39. The summed E-state index contributed by atoms with van der Waals surface area (Å²) >= 11 is 0. The first-order valence-corrected chi connectivity index (χ1v) is 7.05. The molecule has 0 aliphatic carbocycles. The maximum atomic E-state index is 12.2. The number of carbonyl (C=O) groups excluding carboxylic acids is 1. The van der Waals surface area contributed by atoms with Crippen LogP contribution < -0.4 is 5.32 Å². The molecular formula is C16H15N3O4. The van der Waals surface area contributed by atoms with E-state index < -0.39 is 24.0 Å². The highest BCUT2D eigenvalue weighted by Gasteiger charge is 2.26. The van der Waals surface area contributed by atoms with Gasteiger partial charge in [0.25, 0.3) is 5.91 Å². The van der Waals surface area contributed by atoms with E-state index in [1.165, 1.54) is 13.1 Å². The second-order valence-corrected chi connectivity index (χ2v) is 5.32. The van der Waals surface area contributed by atoms with Crippen LogP contribution >= 0.6 is 0 Å². The third kappa shape index (κ3) is 2.74. The molecule has 0 saturated heterocycles. The number of hydrogen-bond acceptors (Lipinski definition) is 4. The number of aliphatic carboxylic acids is 1. The van der Waals surface area contributed by atoms with Gasteiger partial charge in [0.2, 0.25) is 0 Å². The van der Waals surface area contributed by atoms with E-state index in [4.69, 9.17) is 5.11 Å². The van der Waals surface area contributed by atoms with Crippen LogP contribution in [-0.2, 0) is 4.79 Å². The Hall–Kier alpha value is -2.93. The molecule has 7 heteroatoms. The molecule has 0 bridgehead atoms. The fourth-order valence-electron chi connectivity index (χ4n) is 2.48. The topological polar surface area (TPSA) is 115 Å². The summed E-state index contributed by atoms with van der Waals surface area (Å²) in [5.74, 6) is -1.95. The van der Waals surface area contributed by atoms with E-state index >= 15 is 0 Å². The lowest BCUT2D eigenvalue weighted by Crippen LogP contribution is -2.47. The van der Waals surface area contributed by atoms with Crippen LogP contribution in [0.4, 0.5) is 0 Å². The number of hydrogen-bond donors (Lipinski definition) is 4. The smallest absolute Gasteiger partial charge is 0.328 e. The highest BCUT2D eigenvalue weighted by Crippen LogP contribution is 2.24. The fraction of sp³-hybridized carbons (Fsp3) is 0.188. The summed E-state index contributed by atoms with van der Waals surface area (Å²) < 4.78 is 0. The Labute approximate surface area is 131 Å². The van der Waals surface area contributed by atoms with Crippen molar-refractivity contribution in [1.29, 1.82) is 0 Å². The van der Waals surface area contributed by atoms with Gasteiger partial charge >= 0.3 is 5.97 Å². The largest absolute Gasteiger partial charge is 0.480 e. The standard InChI is InChI=1S/C16H15N3O4/c1-8(20)14(16(22)23)19-15(21)12-6-10-9-4-2-3-5-11(9)18-13(10)7-17-12/h2-8,14,18,20H,1H3,(H,19,21)(H,22,23). The molecule has 0 aliphatic heterocycles. The Kier molecular flexibility index (Phi) is 3.71. The van der Waals surface area contributed by atoms with Crippen molar-refractivity contribution in [3.63, 3.8) is 0 Å². The van der Waals surface area contributed by atoms with Crippen molar-refractivity contribution in [2.75, 3.05) is 0 Å². The van der Waals surface area contributed by atoms with Crippen LogP contribution in [0.25, 0.3) is 21.8 Å². The molecule has 7 nitrogen and oxygen atoms in total. The maximum Gasteiger partial charge on any atom is 0.328 e. The summed E-state index contributed by atoms with van der Waals surface area (Å²) in [5.41, 5.74) is 1.80. The summed E-state index contributed by atoms with van der Waals surface area (Å²) in [7, 11) is 0. The number of nitrogens with zero attached hydrogens (tertiary/aromatic N) is 1. The Bertz CT molecular complexity index is 901. The van der Waals surface area contributed by atoms with Gasteiger partial charge in [0.05, 0.1) is 17.8 Å². The first-order valence-electron chi connectivity index (χ1n) is 7.05. The highest BCUT2D eigenvalue weighted by molar-refractivity contribution is 6.09. The van der Waals surface area contributed by atoms with Crippen molar-refractivity contribution in [3.05, 3.63) is 42.2 Å². The van der Waals surface area contributed by atoms with Gasteiger partial charge in [0, 0.05) is 16.3 Å². The maximum absolute atomic E-state index is 12.2. The SMILES string of the molecule is CC(O)C(NC(=O)c1cc2c(cn1)[nH]c1ccccc12)C(=O)O. The minimum Gasteiger partial charge on any atom is -0.480 e. The molecule has 2 heterocycles. The Balaban J connectivity index is 1.98. The number of carboxylic acids is 1. The van der Waals surface area contributed by atoms with Crippen molar-refractivity contribution in [1.82, 2.24) is 15.3 Å². The summed E-state index contributed by atoms with van der Waals surface area (Å²) in [6, 6.07) is 7.85. The number of rotatable bonds is 4. The number of aliphatic hydroxyl groups excluding tert-OH is 1. The number of aromatic amines is 1.